The Labute approximate surface area is 137 Å². The van der Waals surface area contributed by atoms with Gasteiger partial charge in [0.1, 0.15) is 5.58 Å². The van der Waals surface area contributed by atoms with E-state index in [4.69, 9.17) is 4.42 Å². The number of nitrogens with one attached hydrogen (secondary N) is 1. The Morgan fingerprint density at radius 2 is 1.91 bits per heavy atom. The number of halogens is 1. The van der Waals surface area contributed by atoms with E-state index >= 15 is 0 Å². The SMILES string of the molecule is Cc1ccc(C)c(NCc2cc(=O)oc3cc(Br)ccc23)c1. The van der Waals surface area contributed by atoms with E-state index in [9.17, 15) is 4.79 Å². The summed E-state index contributed by atoms with van der Waals surface area (Å²) < 4.78 is 6.16. The molecule has 3 rings (SSSR count). The maximum absolute atomic E-state index is 11.7. The average molecular weight is 358 g/mol. The van der Waals surface area contributed by atoms with Gasteiger partial charge in [-0.25, -0.2) is 4.79 Å². The molecule has 3 nitrogen and oxygen atoms in total. The summed E-state index contributed by atoms with van der Waals surface area (Å²) in [7, 11) is 0. The van der Waals surface area contributed by atoms with Crippen LogP contribution in [0.25, 0.3) is 11.0 Å². The van der Waals surface area contributed by atoms with Crippen LogP contribution in [0.2, 0.25) is 0 Å². The van der Waals surface area contributed by atoms with Gasteiger partial charge in [0.05, 0.1) is 0 Å². The minimum Gasteiger partial charge on any atom is -0.423 e. The summed E-state index contributed by atoms with van der Waals surface area (Å²) >= 11 is 3.40. The molecular weight excluding hydrogens is 342 g/mol. The van der Waals surface area contributed by atoms with Gasteiger partial charge in [-0.15, -0.1) is 0 Å². The Balaban J connectivity index is 1.97. The average Bonchev–Trinajstić information content (AvgIpc) is 2.47. The molecule has 22 heavy (non-hydrogen) atoms. The maximum atomic E-state index is 11.7. The molecule has 0 aliphatic rings. The Kier molecular flexibility index (Phi) is 4.03. The van der Waals surface area contributed by atoms with Crippen molar-refractivity contribution in [2.75, 3.05) is 5.32 Å². The van der Waals surface area contributed by atoms with Crippen LogP contribution in [-0.4, -0.2) is 0 Å². The van der Waals surface area contributed by atoms with Crippen LogP contribution in [-0.2, 0) is 6.54 Å². The van der Waals surface area contributed by atoms with Crippen molar-refractivity contribution >= 4 is 32.6 Å². The number of anilines is 1. The largest absolute Gasteiger partial charge is 0.423 e. The molecule has 4 heteroatoms. The normalized spacial score (nSPS) is 10.9. The fourth-order valence-corrected chi connectivity index (χ4v) is 2.81. The molecule has 1 heterocycles. The lowest BCUT2D eigenvalue weighted by Gasteiger charge is -2.12. The third-order valence-corrected chi connectivity index (χ3v) is 4.15. The number of aryl methyl sites for hydroxylation is 2. The molecule has 0 unspecified atom stereocenters. The number of rotatable bonds is 3. The lowest BCUT2D eigenvalue weighted by atomic mass is 10.1. The summed E-state index contributed by atoms with van der Waals surface area (Å²) in [6.07, 6.45) is 0. The van der Waals surface area contributed by atoms with Crippen LogP contribution in [0.1, 0.15) is 16.7 Å². The third kappa shape index (κ3) is 3.07. The summed E-state index contributed by atoms with van der Waals surface area (Å²) in [5.41, 5.74) is 4.66. The quantitative estimate of drug-likeness (QED) is 0.685. The van der Waals surface area contributed by atoms with Gasteiger partial charge in [0.2, 0.25) is 0 Å². The highest BCUT2D eigenvalue weighted by molar-refractivity contribution is 9.10. The first-order chi connectivity index (χ1) is 10.5. The molecule has 0 saturated heterocycles. The highest BCUT2D eigenvalue weighted by Gasteiger charge is 2.07. The summed E-state index contributed by atoms with van der Waals surface area (Å²) in [4.78, 5) is 11.7. The Bertz CT molecular complexity index is 899. The van der Waals surface area contributed by atoms with Crippen molar-refractivity contribution in [3.05, 3.63) is 74.0 Å². The van der Waals surface area contributed by atoms with Gasteiger partial charge < -0.3 is 9.73 Å². The van der Waals surface area contributed by atoms with E-state index in [0.717, 1.165) is 21.1 Å². The first-order valence-corrected chi connectivity index (χ1v) is 7.85. The summed E-state index contributed by atoms with van der Waals surface area (Å²) in [6, 6.07) is 13.6. The molecule has 0 radical (unpaired) electrons. The van der Waals surface area contributed by atoms with Gasteiger partial charge in [0.15, 0.2) is 0 Å². The van der Waals surface area contributed by atoms with Crippen LogP contribution in [0.4, 0.5) is 5.69 Å². The van der Waals surface area contributed by atoms with Crippen molar-refractivity contribution in [3.8, 4) is 0 Å². The van der Waals surface area contributed by atoms with Gasteiger partial charge in [0, 0.05) is 28.2 Å². The number of benzene rings is 2. The molecule has 0 bridgehead atoms. The predicted octanol–water partition coefficient (Wildman–Crippen LogP) is 4.78. The van der Waals surface area contributed by atoms with E-state index in [1.54, 1.807) is 6.07 Å². The lowest BCUT2D eigenvalue weighted by molar-refractivity contribution is 0.559. The zero-order chi connectivity index (χ0) is 15.7. The molecule has 2 aromatic carbocycles. The standard InChI is InChI=1S/C18H16BrNO2/c1-11-3-4-12(2)16(7-11)20-10-13-8-18(21)22-17-9-14(19)5-6-15(13)17/h3-9,20H,10H2,1-2H3. The Morgan fingerprint density at radius 1 is 1.09 bits per heavy atom. The van der Waals surface area contributed by atoms with Crippen LogP contribution in [0.3, 0.4) is 0 Å². The predicted molar refractivity (Wildman–Crippen MR) is 93.4 cm³/mol. The van der Waals surface area contributed by atoms with Gasteiger partial charge in [-0.05, 0) is 54.8 Å². The van der Waals surface area contributed by atoms with Crippen molar-refractivity contribution in [2.24, 2.45) is 0 Å². The molecular formula is C18H16BrNO2. The first kappa shape index (κ1) is 14.9. The van der Waals surface area contributed by atoms with Gasteiger partial charge in [-0.1, -0.05) is 28.1 Å². The molecule has 1 N–H and O–H groups in total. The zero-order valence-corrected chi connectivity index (χ0v) is 14.0. The minimum absolute atomic E-state index is 0.330. The zero-order valence-electron chi connectivity index (χ0n) is 12.4. The van der Waals surface area contributed by atoms with Crippen LogP contribution in [0, 0.1) is 13.8 Å². The smallest absolute Gasteiger partial charge is 0.336 e. The Morgan fingerprint density at radius 3 is 2.73 bits per heavy atom. The molecule has 112 valence electrons. The molecule has 0 amide bonds. The number of hydrogen-bond donors (Lipinski definition) is 1. The second-order valence-corrected chi connectivity index (χ2v) is 6.32. The topological polar surface area (TPSA) is 42.2 Å². The first-order valence-electron chi connectivity index (χ1n) is 7.06. The van der Waals surface area contributed by atoms with E-state index in [2.05, 4.69) is 53.3 Å². The van der Waals surface area contributed by atoms with Crippen molar-refractivity contribution in [3.63, 3.8) is 0 Å². The van der Waals surface area contributed by atoms with Crippen LogP contribution in [0.15, 0.2) is 56.1 Å². The monoisotopic (exact) mass is 357 g/mol. The molecule has 0 aliphatic heterocycles. The molecule has 0 spiro atoms. The minimum atomic E-state index is -0.330. The van der Waals surface area contributed by atoms with Crippen molar-refractivity contribution < 1.29 is 4.42 Å². The summed E-state index contributed by atoms with van der Waals surface area (Å²) in [5.74, 6) is 0. The molecule has 0 saturated carbocycles. The molecule has 3 aromatic rings. The van der Waals surface area contributed by atoms with Gasteiger partial charge >= 0.3 is 5.63 Å². The van der Waals surface area contributed by atoms with E-state index < -0.39 is 0 Å². The maximum Gasteiger partial charge on any atom is 0.336 e. The molecule has 0 atom stereocenters. The number of hydrogen-bond acceptors (Lipinski definition) is 3. The second kappa shape index (κ2) is 5.97. The van der Waals surface area contributed by atoms with Crippen LogP contribution >= 0.6 is 15.9 Å². The summed E-state index contributed by atoms with van der Waals surface area (Å²) in [5, 5.41) is 4.36. The van der Waals surface area contributed by atoms with Gasteiger partial charge in [-0.2, -0.15) is 0 Å². The van der Waals surface area contributed by atoms with Crippen LogP contribution < -0.4 is 10.9 Å². The van der Waals surface area contributed by atoms with Gasteiger partial charge in [-0.3, -0.25) is 0 Å². The molecule has 0 aliphatic carbocycles. The van der Waals surface area contributed by atoms with Gasteiger partial charge in [0.25, 0.3) is 0 Å². The van der Waals surface area contributed by atoms with E-state index in [1.165, 1.54) is 11.1 Å². The molecule has 0 fully saturated rings. The highest BCUT2D eigenvalue weighted by Crippen LogP contribution is 2.23. The van der Waals surface area contributed by atoms with Crippen LogP contribution in [0.5, 0.6) is 0 Å². The highest BCUT2D eigenvalue weighted by atomic mass is 79.9. The van der Waals surface area contributed by atoms with E-state index in [-0.39, 0.29) is 5.63 Å². The van der Waals surface area contributed by atoms with Crippen molar-refractivity contribution in [1.82, 2.24) is 0 Å². The summed E-state index contributed by atoms with van der Waals surface area (Å²) in [6.45, 7) is 4.71. The third-order valence-electron chi connectivity index (χ3n) is 3.65. The van der Waals surface area contributed by atoms with E-state index in [1.807, 2.05) is 18.2 Å². The van der Waals surface area contributed by atoms with Crippen molar-refractivity contribution in [1.29, 1.82) is 0 Å². The molecule has 1 aromatic heterocycles. The van der Waals surface area contributed by atoms with Crippen molar-refractivity contribution in [2.45, 2.75) is 20.4 Å². The Hall–Kier alpha value is -2.07. The fraction of sp³-hybridized carbons (Fsp3) is 0.167. The number of fused-ring (bicyclic) bond motifs is 1. The van der Waals surface area contributed by atoms with E-state index in [0.29, 0.717) is 12.1 Å². The second-order valence-electron chi connectivity index (χ2n) is 5.40. The lowest BCUT2D eigenvalue weighted by Crippen LogP contribution is -2.06. The fourth-order valence-electron chi connectivity index (χ4n) is 2.47.